The fourth-order valence-electron chi connectivity index (χ4n) is 2.59. The number of ether oxygens (including phenoxy) is 3. The summed E-state index contributed by atoms with van der Waals surface area (Å²) >= 11 is 0. The third-order valence-electron chi connectivity index (χ3n) is 4.00. The molecule has 7 heteroatoms. The summed E-state index contributed by atoms with van der Waals surface area (Å²) in [5, 5.41) is 2.64. The summed E-state index contributed by atoms with van der Waals surface area (Å²) in [6.45, 7) is -2.58. The zero-order valence-corrected chi connectivity index (χ0v) is 15.6. The Balaban J connectivity index is 1.63. The lowest BCUT2D eigenvalue weighted by Crippen LogP contribution is -2.12. The lowest BCUT2D eigenvalue weighted by Gasteiger charge is -2.12. The average molecular weight is 399 g/mol. The summed E-state index contributed by atoms with van der Waals surface area (Å²) in [7, 11) is 1.34. The van der Waals surface area contributed by atoms with E-state index in [2.05, 4.69) is 10.1 Å². The molecule has 150 valence electrons. The first kappa shape index (κ1) is 20.1. The molecule has 0 spiro atoms. The van der Waals surface area contributed by atoms with Crippen LogP contribution < -0.4 is 19.5 Å². The van der Waals surface area contributed by atoms with E-state index in [0.29, 0.717) is 23.6 Å². The molecule has 3 aromatic carbocycles. The maximum absolute atomic E-state index is 12.5. The van der Waals surface area contributed by atoms with Crippen LogP contribution in [0.4, 0.5) is 14.5 Å². The van der Waals surface area contributed by atoms with Gasteiger partial charge >= 0.3 is 6.61 Å². The van der Waals surface area contributed by atoms with Crippen LogP contribution in [0.15, 0.2) is 72.8 Å². The average Bonchev–Trinajstić information content (AvgIpc) is 2.73. The topological polar surface area (TPSA) is 56.8 Å². The van der Waals surface area contributed by atoms with Crippen molar-refractivity contribution in [3.63, 3.8) is 0 Å². The summed E-state index contributed by atoms with van der Waals surface area (Å²) in [4.78, 5) is 12.4. The zero-order valence-electron chi connectivity index (χ0n) is 15.6. The number of hydrogen-bond acceptors (Lipinski definition) is 4. The minimum Gasteiger partial charge on any atom is -0.493 e. The molecule has 0 aliphatic heterocycles. The Morgan fingerprint density at radius 2 is 1.69 bits per heavy atom. The predicted octanol–water partition coefficient (Wildman–Crippen LogP) is 5.13. The van der Waals surface area contributed by atoms with E-state index in [9.17, 15) is 13.6 Å². The first-order chi connectivity index (χ1) is 14.0. The Kier molecular flexibility index (Phi) is 6.63. The van der Waals surface area contributed by atoms with Gasteiger partial charge in [-0.1, -0.05) is 30.3 Å². The van der Waals surface area contributed by atoms with E-state index in [-0.39, 0.29) is 11.5 Å². The number of hydrogen-bond donors (Lipinski definition) is 1. The summed E-state index contributed by atoms with van der Waals surface area (Å²) < 4.78 is 40.1. The number of halogens is 2. The van der Waals surface area contributed by atoms with Crippen LogP contribution in [0.3, 0.4) is 0 Å². The summed E-state index contributed by atoms with van der Waals surface area (Å²) in [6.07, 6.45) is 0. The molecule has 0 atom stereocenters. The molecule has 0 aliphatic rings. The van der Waals surface area contributed by atoms with Crippen molar-refractivity contribution < 1.29 is 27.8 Å². The van der Waals surface area contributed by atoms with E-state index >= 15 is 0 Å². The smallest absolute Gasteiger partial charge is 0.387 e. The Hall–Kier alpha value is -3.61. The van der Waals surface area contributed by atoms with Gasteiger partial charge in [0.2, 0.25) is 0 Å². The number of amides is 1. The van der Waals surface area contributed by atoms with E-state index in [0.717, 1.165) is 5.56 Å². The maximum Gasteiger partial charge on any atom is 0.387 e. The molecule has 0 bridgehead atoms. The molecule has 0 aliphatic carbocycles. The zero-order chi connectivity index (χ0) is 20.6. The summed E-state index contributed by atoms with van der Waals surface area (Å²) in [5.74, 6) is 0.211. The van der Waals surface area contributed by atoms with Gasteiger partial charge in [0.1, 0.15) is 12.4 Å². The largest absolute Gasteiger partial charge is 0.493 e. The van der Waals surface area contributed by atoms with Gasteiger partial charge in [-0.05, 0) is 42.0 Å². The van der Waals surface area contributed by atoms with Gasteiger partial charge in [0.05, 0.1) is 7.11 Å². The van der Waals surface area contributed by atoms with Crippen LogP contribution in [-0.4, -0.2) is 19.6 Å². The number of carbonyl (C=O) groups excluding carboxylic acids is 1. The third-order valence-corrected chi connectivity index (χ3v) is 4.00. The van der Waals surface area contributed by atoms with Crippen LogP contribution in [0.1, 0.15) is 15.9 Å². The Morgan fingerprint density at radius 1 is 0.966 bits per heavy atom. The molecule has 5 nitrogen and oxygen atoms in total. The second-order valence-corrected chi connectivity index (χ2v) is 6.00. The molecule has 1 N–H and O–H groups in total. The van der Waals surface area contributed by atoms with Crippen LogP contribution in [-0.2, 0) is 6.61 Å². The van der Waals surface area contributed by atoms with Crippen molar-refractivity contribution in [1.29, 1.82) is 0 Å². The lowest BCUT2D eigenvalue weighted by atomic mass is 10.2. The van der Waals surface area contributed by atoms with E-state index in [1.165, 1.54) is 25.3 Å². The first-order valence-electron chi connectivity index (χ1n) is 8.76. The molecule has 0 fully saturated rings. The van der Waals surface area contributed by atoms with Crippen molar-refractivity contribution in [2.24, 2.45) is 0 Å². The second kappa shape index (κ2) is 9.54. The number of nitrogens with one attached hydrogen (secondary N) is 1. The van der Waals surface area contributed by atoms with Crippen molar-refractivity contribution in [2.45, 2.75) is 13.2 Å². The highest BCUT2D eigenvalue weighted by Gasteiger charge is 2.13. The molecule has 0 unspecified atom stereocenters. The number of rotatable bonds is 8. The van der Waals surface area contributed by atoms with Gasteiger partial charge in [-0.25, -0.2) is 0 Å². The van der Waals surface area contributed by atoms with Crippen LogP contribution in [0, 0.1) is 0 Å². The van der Waals surface area contributed by atoms with Crippen LogP contribution in [0.5, 0.6) is 17.2 Å². The number of anilines is 1. The van der Waals surface area contributed by atoms with Crippen LogP contribution in [0.2, 0.25) is 0 Å². The standard InChI is InChI=1S/C22H19F2NO4/c1-27-19-12-9-17(13-20(19)29-22(23)24)25-21(26)16-7-10-18(11-8-16)28-14-15-5-3-2-4-6-15/h2-13,22H,14H2,1H3,(H,25,26). The van der Waals surface area contributed by atoms with Gasteiger partial charge in [-0.3, -0.25) is 4.79 Å². The van der Waals surface area contributed by atoms with E-state index in [1.54, 1.807) is 24.3 Å². The molecule has 29 heavy (non-hydrogen) atoms. The molecule has 1 amide bonds. The van der Waals surface area contributed by atoms with E-state index in [4.69, 9.17) is 9.47 Å². The van der Waals surface area contributed by atoms with Gasteiger partial charge in [0, 0.05) is 17.3 Å². The molecule has 0 heterocycles. The van der Waals surface area contributed by atoms with E-state index < -0.39 is 12.5 Å². The monoisotopic (exact) mass is 399 g/mol. The van der Waals surface area contributed by atoms with Crippen molar-refractivity contribution in [1.82, 2.24) is 0 Å². The molecule has 3 aromatic rings. The quantitative estimate of drug-likeness (QED) is 0.571. The second-order valence-electron chi connectivity index (χ2n) is 6.00. The van der Waals surface area contributed by atoms with Crippen molar-refractivity contribution in [3.8, 4) is 17.2 Å². The van der Waals surface area contributed by atoms with Crippen molar-refractivity contribution in [2.75, 3.05) is 12.4 Å². The minimum atomic E-state index is -3.00. The minimum absolute atomic E-state index is 0.142. The fraction of sp³-hybridized carbons (Fsp3) is 0.136. The molecular weight excluding hydrogens is 380 g/mol. The van der Waals surface area contributed by atoms with Gasteiger partial charge in [0.25, 0.3) is 5.91 Å². The van der Waals surface area contributed by atoms with Crippen molar-refractivity contribution in [3.05, 3.63) is 83.9 Å². The molecular formula is C22H19F2NO4. The highest BCUT2D eigenvalue weighted by atomic mass is 19.3. The van der Waals surface area contributed by atoms with Crippen LogP contribution >= 0.6 is 0 Å². The third kappa shape index (κ3) is 5.68. The fourth-order valence-corrected chi connectivity index (χ4v) is 2.59. The molecule has 0 radical (unpaired) electrons. The number of benzene rings is 3. The summed E-state index contributed by atoms with van der Waals surface area (Å²) in [5.41, 5.74) is 1.73. The van der Waals surface area contributed by atoms with Crippen molar-refractivity contribution >= 4 is 11.6 Å². The Bertz CT molecular complexity index is 947. The predicted molar refractivity (Wildman–Crippen MR) is 105 cm³/mol. The Labute approximate surface area is 166 Å². The van der Waals surface area contributed by atoms with Gasteiger partial charge in [0.15, 0.2) is 11.5 Å². The highest BCUT2D eigenvalue weighted by Crippen LogP contribution is 2.31. The molecule has 0 saturated heterocycles. The number of methoxy groups -OCH3 is 1. The SMILES string of the molecule is COc1ccc(NC(=O)c2ccc(OCc3ccccc3)cc2)cc1OC(F)F. The first-order valence-corrected chi connectivity index (χ1v) is 8.76. The molecule has 0 saturated carbocycles. The Morgan fingerprint density at radius 3 is 2.34 bits per heavy atom. The van der Waals surface area contributed by atoms with Gasteiger partial charge in [-0.15, -0.1) is 0 Å². The number of alkyl halides is 2. The van der Waals surface area contributed by atoms with Gasteiger partial charge < -0.3 is 19.5 Å². The molecule has 0 aromatic heterocycles. The van der Waals surface area contributed by atoms with E-state index in [1.807, 2.05) is 30.3 Å². The lowest BCUT2D eigenvalue weighted by molar-refractivity contribution is -0.0511. The van der Waals surface area contributed by atoms with Crippen LogP contribution in [0.25, 0.3) is 0 Å². The van der Waals surface area contributed by atoms with Gasteiger partial charge in [-0.2, -0.15) is 8.78 Å². The normalized spacial score (nSPS) is 10.5. The molecule has 3 rings (SSSR count). The maximum atomic E-state index is 12.5. The summed E-state index contributed by atoms with van der Waals surface area (Å²) in [6, 6.07) is 20.6. The highest BCUT2D eigenvalue weighted by molar-refractivity contribution is 6.04. The number of carbonyl (C=O) groups is 1.